The van der Waals surface area contributed by atoms with Gasteiger partial charge >= 0.3 is 5.97 Å². The zero-order valence-electron chi connectivity index (χ0n) is 11.2. The predicted octanol–water partition coefficient (Wildman–Crippen LogP) is 1.12. The molecule has 1 saturated carbocycles. The second kappa shape index (κ2) is 6.18. The lowest BCUT2D eigenvalue weighted by Gasteiger charge is -2.25. The second-order valence-corrected chi connectivity index (χ2v) is 5.75. The van der Waals surface area contributed by atoms with Crippen LogP contribution in [-0.4, -0.2) is 29.6 Å². The molecule has 4 N–H and O–H groups in total. The third kappa shape index (κ3) is 3.70. The first kappa shape index (κ1) is 15.0. The van der Waals surface area contributed by atoms with Crippen molar-refractivity contribution >= 4 is 11.9 Å². The minimum Gasteiger partial charge on any atom is -0.481 e. The normalized spacial score (nSPS) is 19.8. The van der Waals surface area contributed by atoms with Crippen molar-refractivity contribution in [1.82, 2.24) is 5.32 Å². The lowest BCUT2D eigenvalue weighted by Crippen LogP contribution is -2.47. The maximum atomic E-state index is 11.8. The third-order valence-electron chi connectivity index (χ3n) is 3.68. The second-order valence-electron chi connectivity index (χ2n) is 5.75. The van der Waals surface area contributed by atoms with E-state index in [1.165, 1.54) is 0 Å². The number of hydrogen-bond donors (Lipinski definition) is 3. The summed E-state index contributed by atoms with van der Waals surface area (Å²) < 4.78 is 0. The molecular formula is C13H24N2O3. The van der Waals surface area contributed by atoms with Gasteiger partial charge in [-0.3, -0.25) is 9.59 Å². The zero-order valence-corrected chi connectivity index (χ0v) is 11.2. The molecule has 0 bridgehead atoms. The van der Waals surface area contributed by atoms with Gasteiger partial charge in [-0.15, -0.1) is 0 Å². The molecular weight excluding hydrogens is 232 g/mol. The van der Waals surface area contributed by atoms with Crippen LogP contribution < -0.4 is 11.1 Å². The van der Waals surface area contributed by atoms with Crippen LogP contribution >= 0.6 is 0 Å². The summed E-state index contributed by atoms with van der Waals surface area (Å²) in [5, 5.41) is 12.0. The lowest BCUT2D eigenvalue weighted by molar-refractivity contribution is -0.148. The third-order valence-corrected chi connectivity index (χ3v) is 3.68. The summed E-state index contributed by atoms with van der Waals surface area (Å²) in [5.41, 5.74) is 4.99. The van der Waals surface area contributed by atoms with Gasteiger partial charge in [0.2, 0.25) is 5.91 Å². The molecule has 5 nitrogen and oxygen atoms in total. The van der Waals surface area contributed by atoms with Crippen molar-refractivity contribution in [3.05, 3.63) is 0 Å². The molecule has 1 rings (SSSR count). The molecule has 1 atom stereocenters. The van der Waals surface area contributed by atoms with Crippen molar-refractivity contribution in [2.75, 3.05) is 6.54 Å². The van der Waals surface area contributed by atoms with Crippen molar-refractivity contribution < 1.29 is 14.7 Å². The monoisotopic (exact) mass is 256 g/mol. The molecule has 0 saturated heterocycles. The van der Waals surface area contributed by atoms with Crippen LogP contribution in [0.5, 0.6) is 0 Å². The first-order valence-electron chi connectivity index (χ1n) is 6.64. The molecule has 0 unspecified atom stereocenters. The Kier molecular flexibility index (Phi) is 5.14. The fraction of sp³-hybridized carbons (Fsp3) is 0.846. The number of nitrogens with one attached hydrogen (secondary N) is 1. The highest BCUT2D eigenvalue weighted by molar-refractivity contribution is 5.83. The summed E-state index contributed by atoms with van der Waals surface area (Å²) >= 11 is 0. The van der Waals surface area contributed by atoms with Crippen molar-refractivity contribution in [3.8, 4) is 0 Å². The topological polar surface area (TPSA) is 92.4 Å². The number of nitrogens with two attached hydrogens (primary N) is 1. The quantitative estimate of drug-likeness (QED) is 0.664. The van der Waals surface area contributed by atoms with E-state index in [-0.39, 0.29) is 12.5 Å². The van der Waals surface area contributed by atoms with E-state index in [1.54, 1.807) is 0 Å². The van der Waals surface area contributed by atoms with E-state index < -0.39 is 17.4 Å². The fourth-order valence-electron chi connectivity index (χ4n) is 2.52. The number of carboxylic acid groups (broad SMARTS) is 1. The summed E-state index contributed by atoms with van der Waals surface area (Å²) in [5.74, 6) is -0.695. The Balaban J connectivity index is 2.48. The van der Waals surface area contributed by atoms with Crippen LogP contribution in [0, 0.1) is 11.3 Å². The summed E-state index contributed by atoms with van der Waals surface area (Å²) in [7, 11) is 0. The summed E-state index contributed by atoms with van der Waals surface area (Å²) in [6.45, 7) is 4.21. The molecule has 18 heavy (non-hydrogen) atoms. The van der Waals surface area contributed by atoms with Crippen molar-refractivity contribution in [2.24, 2.45) is 17.1 Å². The Morgan fingerprint density at radius 3 is 2.33 bits per heavy atom. The standard InChI is InChI=1S/C13H24N2O3/c1-9(2)7-10(14)11(16)15-8-13(12(17)18)5-3-4-6-13/h9-10H,3-8,14H2,1-2H3,(H,15,16)(H,17,18)/t10-/m0/s1. The molecule has 1 amide bonds. The van der Waals surface area contributed by atoms with Crippen LogP contribution in [0.4, 0.5) is 0 Å². The Bertz CT molecular complexity index is 309. The highest BCUT2D eigenvalue weighted by Crippen LogP contribution is 2.37. The van der Waals surface area contributed by atoms with Crippen LogP contribution in [0.2, 0.25) is 0 Å². The Morgan fingerprint density at radius 1 is 1.33 bits per heavy atom. The largest absolute Gasteiger partial charge is 0.481 e. The summed E-state index contributed by atoms with van der Waals surface area (Å²) in [6, 6.07) is -0.544. The summed E-state index contributed by atoms with van der Waals surface area (Å²) in [4.78, 5) is 23.1. The van der Waals surface area contributed by atoms with E-state index in [0.29, 0.717) is 25.2 Å². The molecule has 1 aliphatic carbocycles. The van der Waals surface area contributed by atoms with E-state index in [2.05, 4.69) is 5.32 Å². The van der Waals surface area contributed by atoms with Gasteiger partial charge in [0.15, 0.2) is 0 Å². The molecule has 1 aliphatic rings. The zero-order chi connectivity index (χ0) is 13.8. The first-order chi connectivity index (χ1) is 8.37. The van der Waals surface area contributed by atoms with Gasteiger partial charge in [0.1, 0.15) is 0 Å². The average molecular weight is 256 g/mol. The highest BCUT2D eigenvalue weighted by atomic mass is 16.4. The number of rotatable bonds is 6. The molecule has 0 radical (unpaired) electrons. The Hall–Kier alpha value is -1.10. The number of carboxylic acids is 1. The molecule has 5 heteroatoms. The summed E-state index contributed by atoms with van der Waals surface area (Å²) in [6.07, 6.45) is 3.73. The van der Waals surface area contributed by atoms with Gasteiger partial charge in [-0.1, -0.05) is 26.7 Å². The van der Waals surface area contributed by atoms with Gasteiger partial charge in [-0.05, 0) is 25.2 Å². The van der Waals surface area contributed by atoms with E-state index in [9.17, 15) is 14.7 Å². The maximum Gasteiger partial charge on any atom is 0.311 e. The van der Waals surface area contributed by atoms with Crippen LogP contribution in [0.3, 0.4) is 0 Å². The van der Waals surface area contributed by atoms with Gasteiger partial charge in [0.25, 0.3) is 0 Å². The van der Waals surface area contributed by atoms with E-state index in [0.717, 1.165) is 12.8 Å². The molecule has 0 aromatic rings. The first-order valence-corrected chi connectivity index (χ1v) is 6.64. The molecule has 0 aliphatic heterocycles. The van der Waals surface area contributed by atoms with Gasteiger partial charge < -0.3 is 16.2 Å². The Labute approximate surface area is 108 Å². The number of aliphatic carboxylic acids is 1. The molecule has 0 aromatic carbocycles. The molecule has 0 heterocycles. The maximum absolute atomic E-state index is 11.8. The smallest absolute Gasteiger partial charge is 0.311 e. The van der Waals surface area contributed by atoms with Crippen molar-refractivity contribution in [2.45, 2.75) is 52.0 Å². The van der Waals surface area contributed by atoms with Crippen LogP contribution in [0.25, 0.3) is 0 Å². The number of hydrogen-bond acceptors (Lipinski definition) is 3. The van der Waals surface area contributed by atoms with Gasteiger partial charge in [-0.25, -0.2) is 0 Å². The van der Waals surface area contributed by atoms with E-state index in [1.807, 2.05) is 13.8 Å². The van der Waals surface area contributed by atoms with Gasteiger partial charge in [-0.2, -0.15) is 0 Å². The number of carbonyl (C=O) groups is 2. The SMILES string of the molecule is CC(C)C[C@H](N)C(=O)NCC1(C(=O)O)CCCC1. The highest BCUT2D eigenvalue weighted by Gasteiger charge is 2.41. The number of amides is 1. The fourth-order valence-corrected chi connectivity index (χ4v) is 2.52. The molecule has 0 spiro atoms. The van der Waals surface area contributed by atoms with Crippen LogP contribution in [0.15, 0.2) is 0 Å². The van der Waals surface area contributed by atoms with Crippen molar-refractivity contribution in [3.63, 3.8) is 0 Å². The van der Waals surface area contributed by atoms with Crippen molar-refractivity contribution in [1.29, 1.82) is 0 Å². The molecule has 1 fully saturated rings. The van der Waals surface area contributed by atoms with E-state index >= 15 is 0 Å². The minimum atomic E-state index is -0.808. The van der Waals surface area contributed by atoms with Crippen LogP contribution in [0.1, 0.15) is 46.0 Å². The average Bonchev–Trinajstić information content (AvgIpc) is 2.74. The predicted molar refractivity (Wildman–Crippen MR) is 69.0 cm³/mol. The Morgan fingerprint density at radius 2 is 1.89 bits per heavy atom. The van der Waals surface area contributed by atoms with E-state index in [4.69, 9.17) is 5.73 Å². The van der Waals surface area contributed by atoms with Gasteiger partial charge in [0.05, 0.1) is 11.5 Å². The lowest BCUT2D eigenvalue weighted by atomic mass is 9.86. The number of carbonyl (C=O) groups excluding carboxylic acids is 1. The molecule has 104 valence electrons. The van der Waals surface area contributed by atoms with Gasteiger partial charge in [0, 0.05) is 6.54 Å². The molecule has 0 aromatic heterocycles. The van der Waals surface area contributed by atoms with Crippen LogP contribution in [-0.2, 0) is 9.59 Å². The minimum absolute atomic E-state index is 0.201.